The van der Waals surface area contributed by atoms with E-state index in [2.05, 4.69) is 20.8 Å². The number of ketones is 1. The minimum Gasteiger partial charge on any atom is -0.464 e. The van der Waals surface area contributed by atoms with Gasteiger partial charge in [0.15, 0.2) is 0 Å². The van der Waals surface area contributed by atoms with Gasteiger partial charge in [0.1, 0.15) is 11.8 Å². The third-order valence-corrected chi connectivity index (χ3v) is 4.38. The largest absolute Gasteiger partial charge is 0.464 e. The maximum Gasteiger partial charge on any atom is 0.330 e. The van der Waals surface area contributed by atoms with Crippen molar-refractivity contribution in [3.63, 3.8) is 0 Å². The fraction of sp³-hybridized carbons (Fsp3) is 0.526. The van der Waals surface area contributed by atoms with Gasteiger partial charge in [-0.15, -0.1) is 0 Å². The average molecular weight is 331 g/mol. The Morgan fingerprint density at radius 3 is 2.25 bits per heavy atom. The van der Waals surface area contributed by atoms with Crippen LogP contribution >= 0.6 is 0 Å². The first kappa shape index (κ1) is 18.2. The number of Topliss-reactive ketones (excluding diaryl/α,β-unsaturated/α-hetero) is 1. The molecule has 0 radical (unpaired) electrons. The Hall–Kier alpha value is -2.17. The number of hydrogen-bond acceptors (Lipinski definition) is 4. The lowest BCUT2D eigenvalue weighted by atomic mass is 9.87. The molecule has 5 heteroatoms. The van der Waals surface area contributed by atoms with Crippen LogP contribution in [0.5, 0.6) is 0 Å². The van der Waals surface area contributed by atoms with Gasteiger partial charge >= 0.3 is 5.97 Å². The van der Waals surface area contributed by atoms with E-state index in [4.69, 9.17) is 4.74 Å². The van der Waals surface area contributed by atoms with E-state index < -0.39 is 17.9 Å². The number of carbonyl (C=O) groups excluding carboxylic acids is 3. The number of ether oxygens (including phenoxy) is 1. The lowest BCUT2D eigenvalue weighted by molar-refractivity contribution is -0.147. The first-order valence-corrected chi connectivity index (χ1v) is 8.26. The standard InChI is InChI=1S/C19H25NO4/c1-6-24-18(23)17-15(12(2)21)11-16(22)20(17)14-9-7-13(8-10-14)19(3,4)5/h7-10,15,17H,6,11H2,1-5H3. The van der Waals surface area contributed by atoms with E-state index in [0.717, 1.165) is 5.56 Å². The van der Waals surface area contributed by atoms with E-state index in [0.29, 0.717) is 5.69 Å². The molecule has 1 aromatic carbocycles. The maximum atomic E-state index is 12.5. The molecule has 0 N–H and O–H groups in total. The summed E-state index contributed by atoms with van der Waals surface area (Å²) in [6.45, 7) is 9.66. The Kier molecular flexibility index (Phi) is 5.11. The van der Waals surface area contributed by atoms with Crippen LogP contribution in [-0.2, 0) is 24.5 Å². The second-order valence-electron chi connectivity index (χ2n) is 7.18. The van der Waals surface area contributed by atoms with Crippen molar-refractivity contribution in [1.82, 2.24) is 0 Å². The molecule has 1 aliphatic heterocycles. The number of anilines is 1. The summed E-state index contributed by atoms with van der Waals surface area (Å²) in [5.74, 6) is -1.57. The molecule has 0 spiro atoms. The lowest BCUT2D eigenvalue weighted by Crippen LogP contribution is -2.44. The van der Waals surface area contributed by atoms with E-state index in [9.17, 15) is 14.4 Å². The number of benzene rings is 1. The Bertz CT molecular complexity index is 642. The number of amides is 1. The van der Waals surface area contributed by atoms with Crippen LogP contribution in [-0.4, -0.2) is 30.3 Å². The molecule has 1 fully saturated rings. The van der Waals surface area contributed by atoms with Crippen LogP contribution < -0.4 is 4.90 Å². The van der Waals surface area contributed by atoms with Crippen LogP contribution in [0.4, 0.5) is 5.69 Å². The SMILES string of the molecule is CCOC(=O)C1C(C(C)=O)CC(=O)N1c1ccc(C(C)(C)C)cc1. The quantitative estimate of drug-likeness (QED) is 0.796. The highest BCUT2D eigenvalue weighted by Gasteiger charge is 2.47. The molecule has 1 heterocycles. The Morgan fingerprint density at radius 2 is 1.79 bits per heavy atom. The number of rotatable bonds is 4. The first-order chi connectivity index (χ1) is 11.2. The molecule has 2 atom stereocenters. The summed E-state index contributed by atoms with van der Waals surface area (Å²) in [4.78, 5) is 38.1. The van der Waals surface area contributed by atoms with Crippen molar-refractivity contribution in [2.24, 2.45) is 5.92 Å². The monoisotopic (exact) mass is 331 g/mol. The first-order valence-electron chi connectivity index (χ1n) is 8.26. The van der Waals surface area contributed by atoms with Crippen LogP contribution in [0.15, 0.2) is 24.3 Å². The maximum absolute atomic E-state index is 12.5. The highest BCUT2D eigenvalue weighted by atomic mass is 16.5. The van der Waals surface area contributed by atoms with Crippen LogP contribution in [0.25, 0.3) is 0 Å². The third-order valence-electron chi connectivity index (χ3n) is 4.38. The Morgan fingerprint density at radius 1 is 1.21 bits per heavy atom. The van der Waals surface area contributed by atoms with Crippen molar-refractivity contribution in [3.05, 3.63) is 29.8 Å². The van der Waals surface area contributed by atoms with Gasteiger partial charge < -0.3 is 4.74 Å². The normalized spacial score (nSPS) is 21.0. The van der Waals surface area contributed by atoms with Gasteiger partial charge in [-0.05, 0) is 37.0 Å². The van der Waals surface area contributed by atoms with Crippen LogP contribution in [0.1, 0.15) is 46.6 Å². The second-order valence-corrected chi connectivity index (χ2v) is 7.18. The third kappa shape index (κ3) is 3.50. The molecule has 1 aromatic rings. The number of nitrogens with zero attached hydrogens (tertiary/aromatic N) is 1. The van der Waals surface area contributed by atoms with Gasteiger partial charge in [0.05, 0.1) is 12.5 Å². The molecule has 0 bridgehead atoms. The van der Waals surface area contributed by atoms with Crippen molar-refractivity contribution in [1.29, 1.82) is 0 Å². The van der Waals surface area contributed by atoms with Crippen molar-refractivity contribution >= 4 is 23.3 Å². The predicted octanol–water partition coefficient (Wildman–Crippen LogP) is 2.86. The van der Waals surface area contributed by atoms with Crippen LogP contribution in [0.2, 0.25) is 0 Å². The molecule has 1 amide bonds. The molecule has 0 aromatic heterocycles. The second kappa shape index (κ2) is 6.75. The van der Waals surface area contributed by atoms with Crippen molar-refractivity contribution in [2.75, 3.05) is 11.5 Å². The number of hydrogen-bond donors (Lipinski definition) is 0. The summed E-state index contributed by atoms with van der Waals surface area (Å²) in [5.41, 5.74) is 1.75. The van der Waals surface area contributed by atoms with E-state index in [1.807, 2.05) is 24.3 Å². The molecule has 1 saturated heterocycles. The van der Waals surface area contributed by atoms with Gasteiger partial charge in [0.25, 0.3) is 0 Å². The molecular weight excluding hydrogens is 306 g/mol. The van der Waals surface area contributed by atoms with E-state index in [-0.39, 0.29) is 30.1 Å². The molecular formula is C19H25NO4. The van der Waals surface area contributed by atoms with Gasteiger partial charge in [-0.25, -0.2) is 4.79 Å². The van der Waals surface area contributed by atoms with E-state index >= 15 is 0 Å². The number of carbonyl (C=O) groups is 3. The highest BCUT2D eigenvalue weighted by Crippen LogP contribution is 2.34. The molecule has 2 unspecified atom stereocenters. The topological polar surface area (TPSA) is 63.7 Å². The van der Waals surface area contributed by atoms with Crippen molar-refractivity contribution in [2.45, 2.75) is 52.5 Å². The number of esters is 1. The summed E-state index contributed by atoms with van der Waals surface area (Å²) < 4.78 is 5.10. The fourth-order valence-electron chi connectivity index (χ4n) is 3.02. The summed E-state index contributed by atoms with van der Waals surface area (Å²) in [5, 5.41) is 0. The van der Waals surface area contributed by atoms with Gasteiger partial charge in [-0.2, -0.15) is 0 Å². The van der Waals surface area contributed by atoms with Crippen LogP contribution in [0.3, 0.4) is 0 Å². The molecule has 0 aliphatic carbocycles. The molecule has 5 nitrogen and oxygen atoms in total. The molecule has 2 rings (SSSR count). The predicted molar refractivity (Wildman–Crippen MR) is 91.8 cm³/mol. The molecule has 24 heavy (non-hydrogen) atoms. The molecule has 0 saturated carbocycles. The van der Waals surface area contributed by atoms with E-state index in [1.165, 1.54) is 11.8 Å². The Balaban J connectivity index is 2.39. The smallest absolute Gasteiger partial charge is 0.330 e. The molecule has 130 valence electrons. The van der Waals surface area contributed by atoms with Crippen molar-refractivity contribution in [3.8, 4) is 0 Å². The lowest BCUT2D eigenvalue weighted by Gasteiger charge is -2.26. The van der Waals surface area contributed by atoms with Crippen molar-refractivity contribution < 1.29 is 19.1 Å². The summed E-state index contributed by atoms with van der Waals surface area (Å²) in [6, 6.07) is 6.67. The average Bonchev–Trinajstić information content (AvgIpc) is 2.84. The summed E-state index contributed by atoms with van der Waals surface area (Å²) in [7, 11) is 0. The van der Waals surface area contributed by atoms with E-state index in [1.54, 1.807) is 6.92 Å². The van der Waals surface area contributed by atoms with Crippen LogP contribution in [0, 0.1) is 5.92 Å². The zero-order valence-electron chi connectivity index (χ0n) is 15.0. The zero-order chi connectivity index (χ0) is 18.1. The Labute approximate surface area is 143 Å². The zero-order valence-corrected chi connectivity index (χ0v) is 15.0. The fourth-order valence-corrected chi connectivity index (χ4v) is 3.02. The van der Waals surface area contributed by atoms with Gasteiger partial charge in [-0.3, -0.25) is 14.5 Å². The minimum absolute atomic E-state index is 0.00396. The minimum atomic E-state index is -0.879. The molecule has 1 aliphatic rings. The van der Waals surface area contributed by atoms with Gasteiger partial charge in [0, 0.05) is 12.1 Å². The summed E-state index contributed by atoms with van der Waals surface area (Å²) >= 11 is 0. The highest BCUT2D eigenvalue weighted by molar-refractivity contribution is 6.07. The summed E-state index contributed by atoms with van der Waals surface area (Å²) in [6.07, 6.45) is 0.0415. The van der Waals surface area contributed by atoms with Gasteiger partial charge in [0.2, 0.25) is 5.91 Å². The van der Waals surface area contributed by atoms with Gasteiger partial charge in [-0.1, -0.05) is 32.9 Å².